The molecule has 0 bridgehead atoms. The number of likely N-dealkylation sites (tertiary alicyclic amines) is 1. The number of piperidine rings is 1. The fourth-order valence-electron chi connectivity index (χ4n) is 2.17. The van der Waals surface area contributed by atoms with Crippen molar-refractivity contribution in [1.82, 2.24) is 10.2 Å². The van der Waals surface area contributed by atoms with Crippen LogP contribution in [0.3, 0.4) is 0 Å². The molecule has 0 aliphatic carbocycles. The average molecular weight is 278 g/mol. The molecule has 0 unspecified atom stereocenters. The molecule has 0 aromatic heterocycles. The molecule has 1 aliphatic heterocycles. The summed E-state index contributed by atoms with van der Waals surface area (Å²) in [4.78, 5) is 24.5. The molecule has 1 saturated heterocycles. The highest BCUT2D eigenvalue weighted by Crippen LogP contribution is 2.24. The van der Waals surface area contributed by atoms with Crippen molar-refractivity contribution in [3.8, 4) is 0 Å². The monoisotopic (exact) mass is 277 g/mol. The van der Waals surface area contributed by atoms with Gasteiger partial charge in [0.25, 0.3) is 0 Å². The highest BCUT2D eigenvalue weighted by molar-refractivity contribution is 5.85. The van der Waals surface area contributed by atoms with Crippen molar-refractivity contribution in [3.63, 3.8) is 0 Å². The molecule has 2 amide bonds. The van der Waals surface area contributed by atoms with Crippen molar-refractivity contribution in [2.45, 2.75) is 26.7 Å². The van der Waals surface area contributed by atoms with Crippen molar-refractivity contribution in [2.75, 3.05) is 26.2 Å². The second-order valence-electron chi connectivity index (χ2n) is 4.94. The van der Waals surface area contributed by atoms with Crippen molar-refractivity contribution in [3.05, 3.63) is 0 Å². The maximum absolute atomic E-state index is 11.8. The highest BCUT2D eigenvalue weighted by Gasteiger charge is 2.24. The minimum atomic E-state index is -0.282. The second kappa shape index (κ2) is 8.32. The SMILES string of the molecule is CC(C)C1CCN(C(=O)CNC(=O)CN)CC1.Cl. The Balaban J connectivity index is 0.00000289. The molecule has 3 N–H and O–H groups in total. The maximum Gasteiger partial charge on any atom is 0.241 e. The number of rotatable bonds is 4. The number of nitrogens with one attached hydrogen (secondary N) is 1. The van der Waals surface area contributed by atoms with Gasteiger partial charge in [0.15, 0.2) is 0 Å². The predicted octanol–water partition coefficient (Wildman–Crippen LogP) is 0.378. The van der Waals surface area contributed by atoms with E-state index in [0.717, 1.165) is 31.8 Å². The summed E-state index contributed by atoms with van der Waals surface area (Å²) in [6.45, 7) is 6.07. The van der Waals surface area contributed by atoms with Crippen LogP contribution in [0, 0.1) is 11.8 Å². The van der Waals surface area contributed by atoms with Gasteiger partial charge in [-0.05, 0) is 24.7 Å². The van der Waals surface area contributed by atoms with Gasteiger partial charge in [0.1, 0.15) is 0 Å². The molecule has 1 fully saturated rings. The lowest BCUT2D eigenvalue weighted by atomic mass is 9.87. The summed E-state index contributed by atoms with van der Waals surface area (Å²) in [6.07, 6.45) is 2.13. The van der Waals surface area contributed by atoms with Gasteiger partial charge in [-0.3, -0.25) is 9.59 Å². The van der Waals surface area contributed by atoms with E-state index in [9.17, 15) is 9.59 Å². The molecule has 6 heteroatoms. The van der Waals surface area contributed by atoms with E-state index in [1.165, 1.54) is 0 Å². The van der Waals surface area contributed by atoms with Crippen molar-refractivity contribution < 1.29 is 9.59 Å². The summed E-state index contributed by atoms with van der Waals surface area (Å²) >= 11 is 0. The fraction of sp³-hybridized carbons (Fsp3) is 0.833. The molecule has 0 saturated carbocycles. The molecule has 1 heterocycles. The number of halogens is 1. The predicted molar refractivity (Wildman–Crippen MR) is 73.5 cm³/mol. The smallest absolute Gasteiger partial charge is 0.241 e. The number of hydrogen-bond donors (Lipinski definition) is 2. The first-order valence-corrected chi connectivity index (χ1v) is 6.29. The standard InChI is InChI=1S/C12H23N3O2.ClH/c1-9(2)10-3-5-15(6-4-10)12(17)8-14-11(16)7-13;/h9-10H,3-8,13H2,1-2H3,(H,14,16);1H. The van der Waals surface area contributed by atoms with E-state index in [1.54, 1.807) is 0 Å². The Kier molecular flexibility index (Phi) is 7.95. The van der Waals surface area contributed by atoms with Crippen molar-refractivity contribution >= 4 is 24.2 Å². The summed E-state index contributed by atoms with van der Waals surface area (Å²) in [6, 6.07) is 0. The fourth-order valence-corrected chi connectivity index (χ4v) is 2.17. The maximum atomic E-state index is 11.8. The van der Waals surface area contributed by atoms with Crippen molar-refractivity contribution in [2.24, 2.45) is 17.6 Å². The molecule has 5 nitrogen and oxygen atoms in total. The molecular formula is C12H24ClN3O2. The summed E-state index contributed by atoms with van der Waals surface area (Å²) in [5.41, 5.74) is 5.15. The topological polar surface area (TPSA) is 75.4 Å². The molecule has 1 aliphatic rings. The number of carbonyl (C=O) groups is 2. The van der Waals surface area contributed by atoms with Crippen LogP contribution in [0.15, 0.2) is 0 Å². The molecular weight excluding hydrogens is 254 g/mol. The van der Waals surface area contributed by atoms with Crippen LogP contribution in [0.1, 0.15) is 26.7 Å². The third kappa shape index (κ3) is 5.23. The van der Waals surface area contributed by atoms with Gasteiger partial charge in [-0.25, -0.2) is 0 Å². The Hall–Kier alpha value is -0.810. The van der Waals surface area contributed by atoms with E-state index in [4.69, 9.17) is 5.73 Å². The zero-order valence-electron chi connectivity index (χ0n) is 11.1. The number of hydrogen-bond acceptors (Lipinski definition) is 3. The second-order valence-corrected chi connectivity index (χ2v) is 4.94. The van der Waals surface area contributed by atoms with Crippen LogP contribution < -0.4 is 11.1 Å². The number of carbonyl (C=O) groups excluding carboxylic acids is 2. The van der Waals surface area contributed by atoms with Crippen LogP contribution in [0.25, 0.3) is 0 Å². The van der Waals surface area contributed by atoms with Gasteiger partial charge in [0.2, 0.25) is 11.8 Å². The molecule has 0 aromatic carbocycles. The quantitative estimate of drug-likeness (QED) is 0.780. The lowest BCUT2D eigenvalue weighted by Crippen LogP contribution is -2.45. The zero-order valence-corrected chi connectivity index (χ0v) is 12.0. The van der Waals surface area contributed by atoms with Crippen LogP contribution in [-0.4, -0.2) is 42.9 Å². The van der Waals surface area contributed by atoms with Gasteiger partial charge < -0.3 is 16.0 Å². The Morgan fingerprint density at radius 3 is 2.33 bits per heavy atom. The van der Waals surface area contributed by atoms with Gasteiger partial charge >= 0.3 is 0 Å². The molecule has 106 valence electrons. The Bertz CT molecular complexity index is 276. The van der Waals surface area contributed by atoms with Crippen LogP contribution in [0.5, 0.6) is 0 Å². The number of nitrogens with two attached hydrogens (primary N) is 1. The summed E-state index contributed by atoms with van der Waals surface area (Å²) in [7, 11) is 0. The third-order valence-corrected chi connectivity index (χ3v) is 3.46. The highest BCUT2D eigenvalue weighted by atomic mass is 35.5. The third-order valence-electron chi connectivity index (χ3n) is 3.46. The van der Waals surface area contributed by atoms with E-state index < -0.39 is 0 Å². The van der Waals surface area contributed by atoms with E-state index >= 15 is 0 Å². The minimum Gasteiger partial charge on any atom is -0.346 e. The van der Waals surface area contributed by atoms with E-state index in [1.807, 2.05) is 4.90 Å². The normalized spacial score (nSPS) is 16.3. The van der Waals surface area contributed by atoms with Gasteiger partial charge in [0, 0.05) is 13.1 Å². The van der Waals surface area contributed by atoms with Gasteiger partial charge in [-0.1, -0.05) is 13.8 Å². The number of nitrogens with zero attached hydrogens (tertiary/aromatic N) is 1. The lowest BCUT2D eigenvalue weighted by molar-refractivity contribution is -0.133. The van der Waals surface area contributed by atoms with E-state index in [0.29, 0.717) is 5.92 Å². The Morgan fingerprint density at radius 1 is 1.33 bits per heavy atom. The van der Waals surface area contributed by atoms with Gasteiger partial charge in [-0.15, -0.1) is 12.4 Å². The lowest BCUT2D eigenvalue weighted by Gasteiger charge is -2.33. The van der Waals surface area contributed by atoms with E-state index in [2.05, 4.69) is 19.2 Å². The Labute approximate surface area is 115 Å². The first kappa shape index (κ1) is 17.2. The van der Waals surface area contributed by atoms with E-state index in [-0.39, 0.29) is 37.3 Å². The first-order chi connectivity index (χ1) is 8.04. The molecule has 18 heavy (non-hydrogen) atoms. The number of amides is 2. The molecule has 1 rings (SSSR count). The summed E-state index contributed by atoms with van der Waals surface area (Å²) in [5.74, 6) is 1.12. The minimum absolute atomic E-state index is 0. The summed E-state index contributed by atoms with van der Waals surface area (Å²) < 4.78 is 0. The first-order valence-electron chi connectivity index (χ1n) is 6.29. The summed E-state index contributed by atoms with van der Waals surface area (Å²) in [5, 5.41) is 2.51. The van der Waals surface area contributed by atoms with Gasteiger partial charge in [0.05, 0.1) is 13.1 Å². The van der Waals surface area contributed by atoms with Crippen LogP contribution >= 0.6 is 12.4 Å². The van der Waals surface area contributed by atoms with Gasteiger partial charge in [-0.2, -0.15) is 0 Å². The molecule has 0 atom stereocenters. The molecule has 0 spiro atoms. The largest absolute Gasteiger partial charge is 0.346 e. The van der Waals surface area contributed by atoms with Crippen LogP contribution in [0.2, 0.25) is 0 Å². The Morgan fingerprint density at radius 2 is 1.89 bits per heavy atom. The van der Waals surface area contributed by atoms with Crippen LogP contribution in [-0.2, 0) is 9.59 Å². The van der Waals surface area contributed by atoms with Crippen LogP contribution in [0.4, 0.5) is 0 Å². The van der Waals surface area contributed by atoms with Crippen molar-refractivity contribution in [1.29, 1.82) is 0 Å². The molecule has 0 aromatic rings. The molecule has 0 radical (unpaired) electrons. The average Bonchev–Trinajstić information content (AvgIpc) is 2.35. The zero-order chi connectivity index (χ0) is 12.8.